The van der Waals surface area contributed by atoms with Gasteiger partial charge >= 0.3 is 0 Å². The Balaban J connectivity index is 0.00000131. The highest BCUT2D eigenvalue weighted by atomic mass is 35.5. The van der Waals surface area contributed by atoms with Gasteiger partial charge < -0.3 is 15.4 Å². The fourth-order valence-corrected chi connectivity index (χ4v) is 6.00. The van der Waals surface area contributed by atoms with Crippen LogP contribution < -0.4 is 5.73 Å². The highest BCUT2D eigenvalue weighted by Crippen LogP contribution is 2.51. The Morgan fingerprint density at radius 1 is 1.11 bits per heavy atom. The van der Waals surface area contributed by atoms with Crippen LogP contribution in [0.1, 0.15) is 52.9 Å². The molecule has 0 aromatic carbocycles. The molecule has 3 aliphatic carbocycles. The summed E-state index contributed by atoms with van der Waals surface area (Å²) in [6.45, 7) is 10.6. The molecule has 1 heterocycles. The first kappa shape index (κ1) is 23.2. The van der Waals surface area contributed by atoms with Gasteiger partial charge in [-0.3, -0.25) is 9.69 Å². The molecule has 4 fully saturated rings. The second kappa shape index (κ2) is 8.35. The summed E-state index contributed by atoms with van der Waals surface area (Å²) in [5.41, 5.74) is 5.54. The van der Waals surface area contributed by atoms with Gasteiger partial charge in [-0.05, 0) is 38.0 Å². The van der Waals surface area contributed by atoms with E-state index in [2.05, 4.69) is 18.7 Å². The minimum Gasteiger partial charge on any atom is -0.378 e. The van der Waals surface area contributed by atoms with E-state index < -0.39 is 5.54 Å². The van der Waals surface area contributed by atoms with Crippen LogP contribution >= 0.6 is 24.8 Å². The molecule has 2 bridgehead atoms. The van der Waals surface area contributed by atoms with E-state index in [0.29, 0.717) is 13.0 Å². The summed E-state index contributed by atoms with van der Waals surface area (Å²) in [6, 6.07) is 0.783. The van der Waals surface area contributed by atoms with Gasteiger partial charge in [0.05, 0.1) is 6.10 Å². The number of ether oxygens (including phenoxy) is 1. The summed E-state index contributed by atoms with van der Waals surface area (Å²) in [6.07, 6.45) is 6.46. The first-order chi connectivity index (χ1) is 11.9. The summed E-state index contributed by atoms with van der Waals surface area (Å²) in [5, 5.41) is 0. The molecule has 4 aliphatic rings. The average molecular weight is 422 g/mol. The number of carbonyl (C=O) groups excluding carboxylic acids is 1. The fraction of sp³-hybridized carbons (Fsp3) is 0.950. The molecular formula is C20H37Cl2N3O2. The third kappa shape index (κ3) is 3.63. The molecule has 3 saturated carbocycles. The number of nitrogens with two attached hydrogens (primary N) is 1. The van der Waals surface area contributed by atoms with Crippen molar-refractivity contribution >= 4 is 30.7 Å². The molecule has 7 heteroatoms. The zero-order valence-electron chi connectivity index (χ0n) is 17.0. The molecule has 5 atom stereocenters. The molecule has 1 saturated heterocycles. The fourth-order valence-electron chi connectivity index (χ4n) is 6.00. The number of halogens is 2. The quantitative estimate of drug-likeness (QED) is 0.757. The molecule has 0 aromatic rings. The van der Waals surface area contributed by atoms with Crippen molar-refractivity contribution < 1.29 is 9.53 Å². The summed E-state index contributed by atoms with van der Waals surface area (Å²) in [7, 11) is 0. The Labute approximate surface area is 176 Å². The van der Waals surface area contributed by atoms with E-state index in [-0.39, 0.29) is 42.2 Å². The Hall–Kier alpha value is -0.0700. The molecule has 1 amide bonds. The standard InChI is InChI=1S/C20H35N3O2.2ClH/c1-4-25-17-13-20(21,19(17,2)3)18(24)23-9-7-22(8-10-23)16-12-14-5-6-15(16)11-14;;/h14-17H,4-13,21H2,1-3H3;2*1H. The molecule has 27 heavy (non-hydrogen) atoms. The third-order valence-electron chi connectivity index (χ3n) is 7.98. The molecule has 5 nitrogen and oxygen atoms in total. The van der Waals surface area contributed by atoms with Gasteiger partial charge in [0.25, 0.3) is 0 Å². The average Bonchev–Trinajstić information content (AvgIpc) is 3.24. The maximum Gasteiger partial charge on any atom is 0.243 e. The van der Waals surface area contributed by atoms with Crippen molar-refractivity contribution in [2.45, 2.75) is 70.6 Å². The van der Waals surface area contributed by atoms with Crippen molar-refractivity contribution in [3.8, 4) is 0 Å². The van der Waals surface area contributed by atoms with E-state index in [9.17, 15) is 4.79 Å². The van der Waals surface area contributed by atoms with Crippen LogP contribution in [0.15, 0.2) is 0 Å². The lowest BCUT2D eigenvalue weighted by atomic mass is 9.54. The normalized spacial score (nSPS) is 40.1. The van der Waals surface area contributed by atoms with E-state index in [1.165, 1.54) is 25.7 Å². The minimum absolute atomic E-state index is 0. The maximum atomic E-state index is 13.1. The number of rotatable bonds is 4. The monoisotopic (exact) mass is 421 g/mol. The number of carbonyl (C=O) groups is 1. The number of fused-ring (bicyclic) bond motifs is 2. The van der Waals surface area contributed by atoms with Crippen LogP contribution in [0.3, 0.4) is 0 Å². The first-order valence-corrected chi connectivity index (χ1v) is 10.3. The summed E-state index contributed by atoms with van der Waals surface area (Å²) < 4.78 is 5.78. The van der Waals surface area contributed by atoms with E-state index >= 15 is 0 Å². The van der Waals surface area contributed by atoms with Crippen molar-refractivity contribution in [3.63, 3.8) is 0 Å². The van der Waals surface area contributed by atoms with Gasteiger partial charge in [0.2, 0.25) is 5.91 Å². The van der Waals surface area contributed by atoms with Crippen LogP contribution in [-0.4, -0.2) is 66.2 Å². The van der Waals surface area contributed by atoms with E-state index in [1.807, 2.05) is 11.8 Å². The van der Waals surface area contributed by atoms with Crippen molar-refractivity contribution in [3.05, 3.63) is 0 Å². The number of amides is 1. The van der Waals surface area contributed by atoms with Gasteiger partial charge in [-0.2, -0.15) is 0 Å². The van der Waals surface area contributed by atoms with Gasteiger partial charge in [-0.25, -0.2) is 0 Å². The number of hydrogen-bond donors (Lipinski definition) is 1. The Morgan fingerprint density at radius 2 is 1.78 bits per heavy atom. The summed E-state index contributed by atoms with van der Waals surface area (Å²) >= 11 is 0. The van der Waals surface area contributed by atoms with Crippen LogP contribution in [0.25, 0.3) is 0 Å². The molecule has 158 valence electrons. The topological polar surface area (TPSA) is 58.8 Å². The molecule has 4 rings (SSSR count). The summed E-state index contributed by atoms with van der Waals surface area (Å²) in [5.74, 6) is 2.04. The van der Waals surface area contributed by atoms with Crippen molar-refractivity contribution in [1.82, 2.24) is 9.80 Å². The maximum absolute atomic E-state index is 13.1. The first-order valence-electron chi connectivity index (χ1n) is 10.3. The second-order valence-electron chi connectivity index (χ2n) is 9.41. The zero-order chi connectivity index (χ0) is 17.8. The van der Waals surface area contributed by atoms with Gasteiger partial charge in [0.1, 0.15) is 5.54 Å². The Kier molecular flexibility index (Phi) is 7.18. The molecule has 0 spiro atoms. The Bertz CT molecular complexity index is 539. The van der Waals surface area contributed by atoms with Gasteiger partial charge in [-0.1, -0.05) is 20.3 Å². The van der Waals surface area contributed by atoms with E-state index in [0.717, 1.165) is 44.1 Å². The molecule has 2 N–H and O–H groups in total. The van der Waals surface area contributed by atoms with Crippen molar-refractivity contribution in [1.29, 1.82) is 0 Å². The second-order valence-corrected chi connectivity index (χ2v) is 9.41. The SMILES string of the molecule is CCOC1CC(N)(C(=O)N2CCN(C3CC4CCC3C4)CC2)C1(C)C.Cl.Cl. The Morgan fingerprint density at radius 3 is 2.26 bits per heavy atom. The van der Waals surface area contributed by atoms with Crippen LogP contribution in [0.2, 0.25) is 0 Å². The molecule has 1 aliphatic heterocycles. The van der Waals surface area contributed by atoms with Gasteiger partial charge in [0.15, 0.2) is 0 Å². The molecule has 0 aromatic heterocycles. The number of nitrogens with zero attached hydrogens (tertiary/aromatic N) is 2. The summed E-state index contributed by atoms with van der Waals surface area (Å²) in [4.78, 5) is 17.8. The van der Waals surface area contributed by atoms with Gasteiger partial charge in [-0.15, -0.1) is 24.8 Å². The van der Waals surface area contributed by atoms with E-state index in [4.69, 9.17) is 10.5 Å². The lowest BCUT2D eigenvalue weighted by Crippen LogP contribution is -2.76. The lowest BCUT2D eigenvalue weighted by Gasteiger charge is -2.59. The third-order valence-corrected chi connectivity index (χ3v) is 7.98. The minimum atomic E-state index is -0.762. The van der Waals surface area contributed by atoms with E-state index in [1.54, 1.807) is 0 Å². The predicted octanol–water partition coefficient (Wildman–Crippen LogP) is 2.70. The van der Waals surface area contributed by atoms with Gasteiger partial charge in [0, 0.05) is 50.7 Å². The number of piperazine rings is 1. The van der Waals surface area contributed by atoms with Crippen LogP contribution in [0, 0.1) is 17.3 Å². The molecular weight excluding hydrogens is 385 g/mol. The zero-order valence-corrected chi connectivity index (χ0v) is 18.6. The largest absolute Gasteiger partial charge is 0.378 e. The molecule has 5 unspecified atom stereocenters. The van der Waals surface area contributed by atoms with Crippen LogP contribution in [0.5, 0.6) is 0 Å². The number of hydrogen-bond acceptors (Lipinski definition) is 4. The van der Waals surface area contributed by atoms with Crippen molar-refractivity contribution in [2.24, 2.45) is 23.0 Å². The highest BCUT2D eigenvalue weighted by Gasteiger charge is 2.63. The highest BCUT2D eigenvalue weighted by molar-refractivity contribution is 5.89. The van der Waals surface area contributed by atoms with Crippen LogP contribution in [-0.2, 0) is 9.53 Å². The lowest BCUT2D eigenvalue weighted by molar-refractivity contribution is -0.180. The predicted molar refractivity (Wildman–Crippen MR) is 113 cm³/mol. The van der Waals surface area contributed by atoms with Crippen molar-refractivity contribution in [2.75, 3.05) is 32.8 Å². The molecule has 0 radical (unpaired) electrons. The van der Waals surface area contributed by atoms with Crippen LogP contribution in [0.4, 0.5) is 0 Å². The smallest absolute Gasteiger partial charge is 0.243 e.